The molecule has 0 N–H and O–H groups in total. The van der Waals surface area contributed by atoms with Gasteiger partial charge in [0.25, 0.3) is 5.91 Å². The van der Waals surface area contributed by atoms with E-state index in [1.807, 2.05) is 38.4 Å². The van der Waals surface area contributed by atoms with Gasteiger partial charge >= 0.3 is 0 Å². The Bertz CT molecular complexity index is 642. The molecule has 0 aliphatic rings. The molecule has 0 saturated heterocycles. The van der Waals surface area contributed by atoms with Gasteiger partial charge in [-0.2, -0.15) is 0 Å². The first-order valence-corrected chi connectivity index (χ1v) is 7.32. The topological polar surface area (TPSA) is 36.4 Å². The predicted octanol–water partition coefficient (Wildman–Crippen LogP) is 2.91. The number of aromatic nitrogens is 1. The lowest BCUT2D eigenvalue weighted by Gasteiger charge is -2.18. The molecule has 2 aromatic rings. The zero-order valence-corrected chi connectivity index (χ0v) is 13.4. The molecule has 0 bridgehead atoms. The van der Waals surface area contributed by atoms with E-state index in [0.29, 0.717) is 17.3 Å². The normalized spacial score (nSPS) is 11.1. The molecule has 0 radical (unpaired) electrons. The zero-order chi connectivity index (χ0) is 15.4. The number of carbonyl (C=O) groups excluding carboxylic acids is 1. The molecular formula is C16H20ClN3O. The molecule has 5 heteroatoms. The average molecular weight is 306 g/mol. The van der Waals surface area contributed by atoms with Crippen molar-refractivity contribution in [3.05, 3.63) is 41.0 Å². The summed E-state index contributed by atoms with van der Waals surface area (Å²) in [6, 6.07) is 9.21. The number of nitrogens with zero attached hydrogens (tertiary/aromatic N) is 3. The van der Waals surface area contributed by atoms with Crippen LogP contribution in [0, 0.1) is 0 Å². The molecule has 21 heavy (non-hydrogen) atoms. The molecule has 0 aliphatic carbocycles. The first-order chi connectivity index (χ1) is 9.99. The molecule has 0 saturated carbocycles. The molecule has 0 unspecified atom stereocenters. The Labute approximate surface area is 130 Å². The van der Waals surface area contributed by atoms with Crippen molar-refractivity contribution >= 4 is 28.4 Å². The summed E-state index contributed by atoms with van der Waals surface area (Å²) in [5, 5.41) is 1.43. The number of fused-ring (bicyclic) bond motifs is 1. The molecule has 0 fully saturated rings. The Balaban J connectivity index is 2.15. The van der Waals surface area contributed by atoms with Crippen LogP contribution in [0.3, 0.4) is 0 Å². The van der Waals surface area contributed by atoms with Gasteiger partial charge in [-0.1, -0.05) is 29.8 Å². The molecule has 0 aliphatic heterocycles. The summed E-state index contributed by atoms with van der Waals surface area (Å²) in [5.74, 6) is -0.0959. The van der Waals surface area contributed by atoms with Crippen molar-refractivity contribution in [2.45, 2.75) is 6.42 Å². The summed E-state index contributed by atoms with van der Waals surface area (Å²) in [6.45, 7) is 1.65. The van der Waals surface area contributed by atoms with Crippen LogP contribution in [0.1, 0.15) is 16.9 Å². The van der Waals surface area contributed by atoms with Crippen molar-refractivity contribution in [1.29, 1.82) is 0 Å². The highest BCUT2D eigenvalue weighted by Crippen LogP contribution is 2.23. The SMILES string of the molecule is CN(C)CCCN(C)C(=O)c1cc(Cl)c2ccccc2n1. The molecule has 112 valence electrons. The maximum atomic E-state index is 12.4. The quantitative estimate of drug-likeness (QED) is 0.852. The van der Waals surface area contributed by atoms with E-state index in [9.17, 15) is 4.79 Å². The lowest BCUT2D eigenvalue weighted by molar-refractivity contribution is 0.0785. The van der Waals surface area contributed by atoms with E-state index in [-0.39, 0.29) is 5.91 Å². The van der Waals surface area contributed by atoms with Gasteiger partial charge in [-0.25, -0.2) is 4.98 Å². The van der Waals surface area contributed by atoms with Crippen LogP contribution in [0.25, 0.3) is 10.9 Å². The van der Waals surface area contributed by atoms with Gasteiger partial charge in [0.1, 0.15) is 5.69 Å². The number of amides is 1. The smallest absolute Gasteiger partial charge is 0.272 e. The van der Waals surface area contributed by atoms with Crippen LogP contribution >= 0.6 is 11.6 Å². The lowest BCUT2D eigenvalue weighted by Crippen LogP contribution is -2.30. The number of benzene rings is 1. The average Bonchev–Trinajstić information content (AvgIpc) is 2.46. The lowest BCUT2D eigenvalue weighted by atomic mass is 10.2. The number of carbonyl (C=O) groups is 1. The Hall–Kier alpha value is -1.65. The highest BCUT2D eigenvalue weighted by atomic mass is 35.5. The number of pyridine rings is 1. The molecule has 1 amide bonds. The van der Waals surface area contributed by atoms with Crippen molar-refractivity contribution in [2.24, 2.45) is 0 Å². The summed E-state index contributed by atoms with van der Waals surface area (Å²) in [7, 11) is 5.84. The van der Waals surface area contributed by atoms with Crippen LogP contribution in [-0.4, -0.2) is 54.9 Å². The number of hydrogen-bond donors (Lipinski definition) is 0. The maximum absolute atomic E-state index is 12.4. The largest absolute Gasteiger partial charge is 0.340 e. The Kier molecular flexibility index (Phi) is 5.15. The minimum atomic E-state index is -0.0959. The third-order valence-electron chi connectivity index (χ3n) is 3.33. The monoisotopic (exact) mass is 305 g/mol. The Morgan fingerprint density at radius 1 is 1.19 bits per heavy atom. The zero-order valence-electron chi connectivity index (χ0n) is 12.6. The van der Waals surface area contributed by atoms with E-state index in [4.69, 9.17) is 11.6 Å². The Morgan fingerprint density at radius 2 is 1.90 bits per heavy atom. The van der Waals surface area contributed by atoms with Crippen molar-refractivity contribution < 1.29 is 4.79 Å². The molecule has 1 aromatic carbocycles. The molecule has 2 rings (SSSR count). The second kappa shape index (κ2) is 6.87. The van der Waals surface area contributed by atoms with Crippen LogP contribution in [0.4, 0.5) is 0 Å². The molecule has 1 heterocycles. The van der Waals surface area contributed by atoms with Crippen molar-refractivity contribution in [3.63, 3.8) is 0 Å². The van der Waals surface area contributed by atoms with Gasteiger partial charge < -0.3 is 9.80 Å². The fraction of sp³-hybridized carbons (Fsp3) is 0.375. The summed E-state index contributed by atoms with van der Waals surface area (Å²) >= 11 is 6.24. The van der Waals surface area contributed by atoms with E-state index < -0.39 is 0 Å². The summed E-state index contributed by atoms with van der Waals surface area (Å²) < 4.78 is 0. The van der Waals surface area contributed by atoms with Crippen LogP contribution in [-0.2, 0) is 0 Å². The van der Waals surface area contributed by atoms with Crippen LogP contribution in [0.2, 0.25) is 5.02 Å². The number of para-hydroxylation sites is 1. The van der Waals surface area contributed by atoms with E-state index in [2.05, 4.69) is 9.88 Å². The molecular weight excluding hydrogens is 286 g/mol. The fourth-order valence-electron chi connectivity index (χ4n) is 2.16. The highest BCUT2D eigenvalue weighted by molar-refractivity contribution is 6.35. The Morgan fingerprint density at radius 3 is 2.62 bits per heavy atom. The highest BCUT2D eigenvalue weighted by Gasteiger charge is 2.15. The van der Waals surface area contributed by atoms with Gasteiger partial charge in [0.15, 0.2) is 0 Å². The van der Waals surface area contributed by atoms with Gasteiger partial charge in [-0.3, -0.25) is 4.79 Å². The minimum Gasteiger partial charge on any atom is -0.340 e. The molecule has 4 nitrogen and oxygen atoms in total. The van der Waals surface area contributed by atoms with Crippen LogP contribution < -0.4 is 0 Å². The van der Waals surface area contributed by atoms with Gasteiger partial charge in [0.05, 0.1) is 10.5 Å². The van der Waals surface area contributed by atoms with Crippen molar-refractivity contribution in [1.82, 2.24) is 14.8 Å². The first-order valence-electron chi connectivity index (χ1n) is 6.94. The van der Waals surface area contributed by atoms with E-state index in [0.717, 1.165) is 23.9 Å². The van der Waals surface area contributed by atoms with Gasteiger partial charge in [0.2, 0.25) is 0 Å². The molecule has 0 atom stereocenters. The second-order valence-corrected chi connectivity index (χ2v) is 5.80. The third-order valence-corrected chi connectivity index (χ3v) is 3.64. The summed E-state index contributed by atoms with van der Waals surface area (Å²) in [5.41, 5.74) is 1.14. The predicted molar refractivity (Wildman–Crippen MR) is 86.9 cm³/mol. The summed E-state index contributed by atoms with van der Waals surface area (Å²) in [4.78, 5) is 20.6. The van der Waals surface area contributed by atoms with Crippen molar-refractivity contribution in [3.8, 4) is 0 Å². The summed E-state index contributed by atoms with van der Waals surface area (Å²) in [6.07, 6.45) is 0.927. The number of halogens is 1. The van der Waals surface area contributed by atoms with Crippen LogP contribution in [0.15, 0.2) is 30.3 Å². The van der Waals surface area contributed by atoms with E-state index in [1.54, 1.807) is 18.0 Å². The number of rotatable bonds is 5. The van der Waals surface area contributed by atoms with E-state index in [1.165, 1.54) is 0 Å². The third kappa shape index (κ3) is 3.93. The van der Waals surface area contributed by atoms with Gasteiger partial charge in [-0.05, 0) is 39.2 Å². The molecule has 0 spiro atoms. The molecule has 1 aromatic heterocycles. The van der Waals surface area contributed by atoms with Crippen molar-refractivity contribution in [2.75, 3.05) is 34.2 Å². The second-order valence-electron chi connectivity index (χ2n) is 5.39. The standard InChI is InChI=1S/C16H20ClN3O/c1-19(2)9-6-10-20(3)16(21)15-11-13(17)12-7-4-5-8-14(12)18-15/h4-5,7-8,11H,6,9-10H2,1-3H3. The van der Waals surface area contributed by atoms with Gasteiger partial charge in [-0.15, -0.1) is 0 Å². The van der Waals surface area contributed by atoms with Crippen LogP contribution in [0.5, 0.6) is 0 Å². The first kappa shape index (κ1) is 15.7. The minimum absolute atomic E-state index is 0.0959. The fourth-order valence-corrected chi connectivity index (χ4v) is 2.43. The maximum Gasteiger partial charge on any atom is 0.272 e. The van der Waals surface area contributed by atoms with E-state index >= 15 is 0 Å². The van der Waals surface area contributed by atoms with Gasteiger partial charge in [0, 0.05) is 19.0 Å². The number of hydrogen-bond acceptors (Lipinski definition) is 3.